The Balaban J connectivity index is 1.41. The Bertz CT molecular complexity index is 1420. The average Bonchev–Trinajstić information content (AvgIpc) is 3.44. The van der Waals surface area contributed by atoms with Gasteiger partial charge in [-0.3, -0.25) is 14.8 Å². The molecule has 1 aliphatic carbocycles. The first-order chi connectivity index (χ1) is 14.3. The van der Waals surface area contributed by atoms with Crippen LogP contribution in [-0.4, -0.2) is 19.7 Å². The lowest BCUT2D eigenvalue weighted by Crippen LogP contribution is -2.22. The van der Waals surface area contributed by atoms with E-state index in [0.717, 1.165) is 44.2 Å². The van der Waals surface area contributed by atoms with E-state index in [0.29, 0.717) is 0 Å². The molecule has 29 heavy (non-hydrogen) atoms. The predicted octanol–water partition coefficient (Wildman–Crippen LogP) is 4.80. The smallest absolute Gasteiger partial charge is 0.267 e. The zero-order valence-corrected chi connectivity index (χ0v) is 16.2. The van der Waals surface area contributed by atoms with Gasteiger partial charge in [-0.2, -0.15) is 5.10 Å². The molecule has 140 valence electrons. The average molecular weight is 396 g/mol. The first-order valence-corrected chi connectivity index (χ1v) is 10.4. The molecule has 1 aliphatic rings. The second kappa shape index (κ2) is 6.32. The van der Waals surface area contributed by atoms with Crippen LogP contribution in [0.5, 0.6) is 0 Å². The first kappa shape index (κ1) is 16.6. The van der Waals surface area contributed by atoms with Crippen LogP contribution in [0.25, 0.3) is 32.1 Å². The fourth-order valence-electron chi connectivity index (χ4n) is 4.01. The number of pyridine rings is 2. The third-order valence-electron chi connectivity index (χ3n) is 5.60. The number of rotatable bonds is 3. The van der Waals surface area contributed by atoms with Crippen molar-refractivity contribution in [1.82, 2.24) is 19.7 Å². The molecule has 0 aliphatic heterocycles. The van der Waals surface area contributed by atoms with Crippen molar-refractivity contribution in [1.29, 1.82) is 0 Å². The van der Waals surface area contributed by atoms with Gasteiger partial charge in [0.1, 0.15) is 0 Å². The van der Waals surface area contributed by atoms with Crippen molar-refractivity contribution >= 4 is 32.3 Å². The molecule has 0 saturated heterocycles. The molecule has 2 atom stereocenters. The Hall–Kier alpha value is -3.38. The van der Waals surface area contributed by atoms with E-state index in [1.165, 1.54) is 0 Å². The van der Waals surface area contributed by atoms with Crippen molar-refractivity contribution in [2.24, 2.45) is 0 Å². The molecule has 0 unspecified atom stereocenters. The highest BCUT2D eigenvalue weighted by Gasteiger charge is 2.43. The van der Waals surface area contributed by atoms with Gasteiger partial charge in [0.15, 0.2) is 0 Å². The highest BCUT2D eigenvalue weighted by atomic mass is 32.1. The molecule has 1 saturated carbocycles. The van der Waals surface area contributed by atoms with Crippen LogP contribution in [0.15, 0.2) is 77.3 Å². The Kier molecular flexibility index (Phi) is 3.61. The van der Waals surface area contributed by atoms with Crippen LogP contribution in [0, 0.1) is 0 Å². The Labute approximate surface area is 170 Å². The summed E-state index contributed by atoms with van der Waals surface area (Å²) in [5, 5.41) is 8.39. The molecule has 6 rings (SSSR count). The molecule has 0 bridgehead atoms. The number of nitrogens with zero attached hydrogens (tertiary/aromatic N) is 4. The van der Waals surface area contributed by atoms with E-state index in [2.05, 4.69) is 28.3 Å². The van der Waals surface area contributed by atoms with E-state index in [1.807, 2.05) is 41.9 Å². The SMILES string of the molecule is O=c1c2c(-c3ccncc3)csc2cnn1[C@@H]1C[C@@H]1c1ccc2ccccc2n1. The van der Waals surface area contributed by atoms with E-state index < -0.39 is 0 Å². The third kappa shape index (κ3) is 2.68. The standard InChI is InChI=1S/C23H16N4OS/c28-23-22-17(14-7-9-24-10-8-14)13-29-21(22)12-25-27(23)20-11-16(20)19-6-5-15-3-1-2-4-18(15)26-19/h1-10,12-13,16,20H,11H2/t16-,20-/m1/s1. The van der Waals surface area contributed by atoms with Gasteiger partial charge >= 0.3 is 0 Å². The van der Waals surface area contributed by atoms with E-state index in [-0.39, 0.29) is 17.5 Å². The largest absolute Gasteiger partial charge is 0.276 e. The van der Waals surface area contributed by atoms with Crippen molar-refractivity contribution < 1.29 is 0 Å². The van der Waals surface area contributed by atoms with Crippen molar-refractivity contribution in [3.8, 4) is 11.1 Å². The molecule has 4 aromatic heterocycles. The van der Waals surface area contributed by atoms with Gasteiger partial charge in [0.25, 0.3) is 5.56 Å². The first-order valence-electron chi connectivity index (χ1n) is 9.55. The van der Waals surface area contributed by atoms with Crippen LogP contribution in [0.4, 0.5) is 0 Å². The second-order valence-electron chi connectivity index (χ2n) is 7.36. The summed E-state index contributed by atoms with van der Waals surface area (Å²) in [6.07, 6.45) is 6.20. The summed E-state index contributed by atoms with van der Waals surface area (Å²) < 4.78 is 2.57. The number of hydrogen-bond donors (Lipinski definition) is 0. The van der Waals surface area contributed by atoms with Gasteiger partial charge in [0.2, 0.25) is 0 Å². The number of para-hydroxylation sites is 1. The van der Waals surface area contributed by atoms with Gasteiger partial charge in [0.05, 0.1) is 27.8 Å². The Morgan fingerprint density at radius 3 is 2.79 bits per heavy atom. The van der Waals surface area contributed by atoms with Crippen LogP contribution >= 0.6 is 11.3 Å². The normalized spacial score (nSPS) is 18.3. The van der Waals surface area contributed by atoms with Gasteiger partial charge < -0.3 is 0 Å². The van der Waals surface area contributed by atoms with Crippen molar-refractivity contribution in [2.45, 2.75) is 18.4 Å². The number of benzene rings is 1. The highest BCUT2D eigenvalue weighted by molar-refractivity contribution is 7.17. The molecular weight excluding hydrogens is 380 g/mol. The minimum atomic E-state index is -0.0242. The lowest BCUT2D eigenvalue weighted by atomic mass is 10.1. The molecule has 5 aromatic rings. The van der Waals surface area contributed by atoms with Crippen molar-refractivity contribution in [3.63, 3.8) is 0 Å². The van der Waals surface area contributed by atoms with Crippen molar-refractivity contribution in [2.75, 3.05) is 0 Å². The van der Waals surface area contributed by atoms with Gasteiger partial charge in [-0.1, -0.05) is 24.3 Å². The molecule has 0 amide bonds. The molecule has 1 fully saturated rings. The lowest BCUT2D eigenvalue weighted by molar-refractivity contribution is 0.590. The molecule has 0 spiro atoms. The van der Waals surface area contributed by atoms with Crippen LogP contribution in [0.2, 0.25) is 0 Å². The van der Waals surface area contributed by atoms with E-state index in [9.17, 15) is 4.79 Å². The van der Waals surface area contributed by atoms with E-state index in [1.54, 1.807) is 28.4 Å². The quantitative estimate of drug-likeness (QED) is 0.440. The Morgan fingerprint density at radius 2 is 1.90 bits per heavy atom. The van der Waals surface area contributed by atoms with Gasteiger partial charge in [0, 0.05) is 40.3 Å². The summed E-state index contributed by atoms with van der Waals surface area (Å²) in [7, 11) is 0. The minimum Gasteiger partial charge on any atom is -0.267 e. The number of hydrogen-bond acceptors (Lipinski definition) is 5. The molecular formula is C23H16N4OS. The molecule has 0 N–H and O–H groups in total. The monoisotopic (exact) mass is 396 g/mol. The zero-order valence-electron chi connectivity index (χ0n) is 15.4. The Morgan fingerprint density at radius 1 is 1.03 bits per heavy atom. The minimum absolute atomic E-state index is 0.0242. The molecule has 0 radical (unpaired) electrons. The number of thiophene rings is 1. The van der Waals surface area contributed by atoms with Crippen LogP contribution in [-0.2, 0) is 0 Å². The van der Waals surface area contributed by atoms with Gasteiger partial charge in [-0.25, -0.2) is 4.68 Å². The summed E-state index contributed by atoms with van der Waals surface area (Å²) in [6, 6.07) is 16.2. The molecule has 6 heteroatoms. The second-order valence-corrected chi connectivity index (χ2v) is 8.27. The molecule has 5 nitrogen and oxygen atoms in total. The van der Waals surface area contributed by atoms with Crippen LogP contribution < -0.4 is 5.56 Å². The zero-order chi connectivity index (χ0) is 19.4. The predicted molar refractivity (Wildman–Crippen MR) is 115 cm³/mol. The fourth-order valence-corrected chi connectivity index (χ4v) is 4.93. The molecule has 1 aromatic carbocycles. The summed E-state index contributed by atoms with van der Waals surface area (Å²) >= 11 is 1.55. The third-order valence-corrected chi connectivity index (χ3v) is 6.52. The number of fused-ring (bicyclic) bond motifs is 2. The fraction of sp³-hybridized carbons (Fsp3) is 0.130. The van der Waals surface area contributed by atoms with Crippen LogP contribution in [0.1, 0.15) is 24.1 Å². The maximum Gasteiger partial charge on any atom is 0.276 e. The summed E-state index contributed by atoms with van der Waals surface area (Å²) in [6.45, 7) is 0. The van der Waals surface area contributed by atoms with Crippen LogP contribution in [0.3, 0.4) is 0 Å². The topological polar surface area (TPSA) is 60.7 Å². The van der Waals surface area contributed by atoms with Gasteiger partial charge in [-0.05, 0) is 36.2 Å². The summed E-state index contributed by atoms with van der Waals surface area (Å²) in [4.78, 5) is 22.2. The van der Waals surface area contributed by atoms with Gasteiger partial charge in [-0.15, -0.1) is 11.3 Å². The highest BCUT2D eigenvalue weighted by Crippen LogP contribution is 2.50. The van der Waals surface area contributed by atoms with E-state index in [4.69, 9.17) is 4.98 Å². The van der Waals surface area contributed by atoms with Crippen molar-refractivity contribution in [3.05, 3.63) is 88.5 Å². The lowest BCUT2D eigenvalue weighted by Gasteiger charge is -2.06. The maximum atomic E-state index is 13.3. The summed E-state index contributed by atoms with van der Waals surface area (Å²) in [5.41, 5.74) is 3.95. The van der Waals surface area contributed by atoms with E-state index >= 15 is 0 Å². The summed E-state index contributed by atoms with van der Waals surface area (Å²) in [5.74, 6) is 0.227. The number of aromatic nitrogens is 4. The molecule has 4 heterocycles. The maximum absolute atomic E-state index is 13.3.